The molecule has 0 saturated heterocycles. The molecule has 1 N–H and O–H groups in total. The molecule has 1 unspecified atom stereocenters. The number of amides is 1. The van der Waals surface area contributed by atoms with Crippen molar-refractivity contribution in [2.45, 2.75) is 19.4 Å². The number of benzene rings is 2. The Morgan fingerprint density at radius 1 is 1.24 bits per heavy atom. The number of halogens is 1. The van der Waals surface area contributed by atoms with E-state index in [1.807, 2.05) is 31.2 Å². The molecule has 25 heavy (non-hydrogen) atoms. The van der Waals surface area contributed by atoms with Crippen LogP contribution in [0.15, 0.2) is 42.5 Å². The maximum absolute atomic E-state index is 12.5. The largest absolute Gasteiger partial charge is 0.483 e. The first-order valence-corrected chi connectivity index (χ1v) is 8.31. The van der Waals surface area contributed by atoms with Crippen molar-refractivity contribution in [1.82, 2.24) is 4.90 Å². The molecule has 0 saturated carbocycles. The summed E-state index contributed by atoms with van der Waals surface area (Å²) in [5.74, 6) is -1.36. The lowest BCUT2D eigenvalue weighted by Crippen LogP contribution is -2.42. The molecule has 1 aliphatic rings. The van der Waals surface area contributed by atoms with Crippen molar-refractivity contribution in [2.24, 2.45) is 0 Å². The molecule has 0 aromatic heterocycles. The van der Waals surface area contributed by atoms with E-state index >= 15 is 0 Å². The average Bonchev–Trinajstić information content (AvgIpc) is 2.61. The first-order valence-electron chi connectivity index (χ1n) is 7.93. The van der Waals surface area contributed by atoms with Gasteiger partial charge in [-0.25, -0.2) is 0 Å². The third-order valence-corrected chi connectivity index (χ3v) is 4.82. The second-order valence-corrected chi connectivity index (χ2v) is 6.42. The molecule has 130 valence electrons. The first-order chi connectivity index (χ1) is 12.0. The highest BCUT2D eigenvalue weighted by Crippen LogP contribution is 2.29. The fraction of sp³-hybridized carbons (Fsp3) is 0.263. The van der Waals surface area contributed by atoms with Crippen LogP contribution in [-0.4, -0.2) is 35.0 Å². The van der Waals surface area contributed by atoms with E-state index in [9.17, 15) is 14.7 Å². The molecule has 0 radical (unpaired) electrons. The summed E-state index contributed by atoms with van der Waals surface area (Å²) in [5, 5.41) is 10.0. The third-order valence-electron chi connectivity index (χ3n) is 4.41. The Bertz CT molecular complexity index is 821. The summed E-state index contributed by atoms with van der Waals surface area (Å²) >= 11 is 6.05. The molecule has 1 heterocycles. The minimum Gasteiger partial charge on any atom is -0.483 e. The van der Waals surface area contributed by atoms with Gasteiger partial charge < -0.3 is 14.7 Å². The monoisotopic (exact) mass is 359 g/mol. The summed E-state index contributed by atoms with van der Waals surface area (Å²) in [4.78, 5) is 25.6. The van der Waals surface area contributed by atoms with Crippen LogP contribution in [0.1, 0.15) is 22.6 Å². The number of hydrogen-bond donors (Lipinski definition) is 1. The van der Waals surface area contributed by atoms with Gasteiger partial charge in [0.25, 0.3) is 5.91 Å². The lowest BCUT2D eigenvalue weighted by atomic mass is 9.90. The zero-order valence-corrected chi connectivity index (χ0v) is 14.5. The van der Waals surface area contributed by atoms with Crippen molar-refractivity contribution in [2.75, 3.05) is 13.2 Å². The van der Waals surface area contributed by atoms with Crippen LogP contribution in [0.2, 0.25) is 5.02 Å². The minimum atomic E-state index is -0.934. The highest BCUT2D eigenvalue weighted by Gasteiger charge is 2.32. The van der Waals surface area contributed by atoms with E-state index in [0.29, 0.717) is 17.3 Å². The van der Waals surface area contributed by atoms with Crippen LogP contribution in [0.25, 0.3) is 0 Å². The number of carboxylic acid groups (broad SMARTS) is 1. The van der Waals surface area contributed by atoms with E-state index in [-0.39, 0.29) is 19.1 Å². The SMILES string of the molecule is Cc1c(Cl)cccc1OCC(=O)N1Cc2ccccc2C(C(=O)O)C1. The van der Waals surface area contributed by atoms with Crippen LogP contribution < -0.4 is 4.74 Å². The maximum atomic E-state index is 12.5. The maximum Gasteiger partial charge on any atom is 0.312 e. The van der Waals surface area contributed by atoms with E-state index in [1.165, 1.54) is 4.90 Å². The predicted molar refractivity (Wildman–Crippen MR) is 93.9 cm³/mol. The van der Waals surface area contributed by atoms with Crippen molar-refractivity contribution in [3.63, 3.8) is 0 Å². The molecular formula is C19H18ClNO4. The van der Waals surface area contributed by atoms with E-state index in [1.54, 1.807) is 18.2 Å². The lowest BCUT2D eigenvalue weighted by molar-refractivity contribution is -0.142. The van der Waals surface area contributed by atoms with Gasteiger partial charge in [-0.3, -0.25) is 9.59 Å². The van der Waals surface area contributed by atoms with Crippen molar-refractivity contribution >= 4 is 23.5 Å². The Hall–Kier alpha value is -2.53. The molecule has 2 aromatic carbocycles. The summed E-state index contributed by atoms with van der Waals surface area (Å²) < 4.78 is 5.59. The van der Waals surface area contributed by atoms with Crippen LogP contribution >= 0.6 is 11.6 Å². The van der Waals surface area contributed by atoms with Gasteiger partial charge >= 0.3 is 5.97 Å². The molecule has 2 aromatic rings. The molecule has 0 fully saturated rings. The zero-order chi connectivity index (χ0) is 18.0. The highest BCUT2D eigenvalue weighted by atomic mass is 35.5. The van der Waals surface area contributed by atoms with E-state index in [0.717, 1.165) is 16.7 Å². The molecule has 3 rings (SSSR count). The van der Waals surface area contributed by atoms with E-state index in [2.05, 4.69) is 0 Å². The number of nitrogens with zero attached hydrogens (tertiary/aromatic N) is 1. The number of rotatable bonds is 4. The highest BCUT2D eigenvalue weighted by molar-refractivity contribution is 6.31. The molecule has 0 spiro atoms. The summed E-state index contributed by atoms with van der Waals surface area (Å²) in [6.07, 6.45) is 0. The van der Waals surface area contributed by atoms with E-state index in [4.69, 9.17) is 16.3 Å². The van der Waals surface area contributed by atoms with Crippen LogP contribution in [0.5, 0.6) is 5.75 Å². The van der Waals surface area contributed by atoms with Gasteiger partial charge in [-0.2, -0.15) is 0 Å². The van der Waals surface area contributed by atoms with Crippen molar-refractivity contribution in [1.29, 1.82) is 0 Å². The fourth-order valence-corrected chi connectivity index (χ4v) is 3.15. The van der Waals surface area contributed by atoms with Gasteiger partial charge in [0.05, 0.1) is 5.92 Å². The minimum absolute atomic E-state index is 0.142. The average molecular weight is 360 g/mol. The molecule has 0 bridgehead atoms. The van der Waals surface area contributed by atoms with Crippen LogP contribution in [0.4, 0.5) is 0 Å². The summed E-state index contributed by atoms with van der Waals surface area (Å²) in [6, 6.07) is 12.6. The number of ether oxygens (including phenoxy) is 1. The first kappa shape index (κ1) is 17.3. The quantitative estimate of drug-likeness (QED) is 0.910. The molecular weight excluding hydrogens is 342 g/mol. The molecule has 6 heteroatoms. The molecule has 0 aliphatic carbocycles. The summed E-state index contributed by atoms with van der Waals surface area (Å²) in [5.41, 5.74) is 2.39. The lowest BCUT2D eigenvalue weighted by Gasteiger charge is -2.32. The standard InChI is InChI=1S/C19H18ClNO4/c1-12-16(20)7-4-8-17(12)25-11-18(22)21-9-13-5-2-3-6-14(13)15(10-21)19(23)24/h2-8,15H,9-11H2,1H3,(H,23,24). The van der Waals surface area contributed by atoms with Gasteiger partial charge in [0.15, 0.2) is 6.61 Å². The Morgan fingerprint density at radius 2 is 2.00 bits per heavy atom. The fourth-order valence-electron chi connectivity index (χ4n) is 2.98. The number of fused-ring (bicyclic) bond motifs is 1. The van der Waals surface area contributed by atoms with E-state index < -0.39 is 11.9 Å². The third kappa shape index (κ3) is 3.61. The molecule has 1 aliphatic heterocycles. The Kier molecular flexibility index (Phi) is 4.95. The number of carbonyl (C=O) groups excluding carboxylic acids is 1. The van der Waals surface area contributed by atoms with Gasteiger partial charge in [0.2, 0.25) is 0 Å². The van der Waals surface area contributed by atoms with Gasteiger partial charge in [-0.15, -0.1) is 0 Å². The predicted octanol–water partition coefficient (Wildman–Crippen LogP) is 3.24. The van der Waals surface area contributed by atoms with Gasteiger partial charge in [-0.1, -0.05) is 41.9 Å². The second-order valence-electron chi connectivity index (χ2n) is 6.02. The molecule has 1 atom stereocenters. The number of carboxylic acids is 1. The van der Waals surface area contributed by atoms with Crippen molar-refractivity contribution in [3.8, 4) is 5.75 Å². The smallest absolute Gasteiger partial charge is 0.312 e. The zero-order valence-electron chi connectivity index (χ0n) is 13.7. The Morgan fingerprint density at radius 3 is 2.76 bits per heavy atom. The summed E-state index contributed by atoms with van der Waals surface area (Å²) in [6.45, 7) is 2.19. The normalized spacial score (nSPS) is 16.2. The van der Waals surface area contributed by atoms with Crippen LogP contribution in [-0.2, 0) is 16.1 Å². The van der Waals surface area contributed by atoms with Gasteiger partial charge in [-0.05, 0) is 30.2 Å². The topological polar surface area (TPSA) is 66.8 Å². The number of hydrogen-bond acceptors (Lipinski definition) is 3. The second kappa shape index (κ2) is 7.15. The van der Waals surface area contributed by atoms with Gasteiger partial charge in [0, 0.05) is 23.7 Å². The summed E-state index contributed by atoms with van der Waals surface area (Å²) in [7, 11) is 0. The van der Waals surface area contributed by atoms with Crippen LogP contribution in [0, 0.1) is 6.92 Å². The van der Waals surface area contributed by atoms with Crippen LogP contribution in [0.3, 0.4) is 0 Å². The Labute approximate surface area is 150 Å². The van der Waals surface area contributed by atoms with Crippen molar-refractivity contribution in [3.05, 3.63) is 64.2 Å². The molecule has 5 nitrogen and oxygen atoms in total. The number of aliphatic carboxylic acids is 1. The molecule has 1 amide bonds. The number of carbonyl (C=O) groups is 2. The van der Waals surface area contributed by atoms with Crippen molar-refractivity contribution < 1.29 is 19.4 Å². The van der Waals surface area contributed by atoms with Gasteiger partial charge in [0.1, 0.15) is 5.75 Å². The Balaban J connectivity index is 1.73.